The summed E-state index contributed by atoms with van der Waals surface area (Å²) >= 11 is 0. The van der Waals surface area contributed by atoms with Gasteiger partial charge in [-0.3, -0.25) is 14.4 Å². The number of amides is 1. The van der Waals surface area contributed by atoms with Crippen molar-refractivity contribution in [2.24, 2.45) is 17.8 Å². The monoisotopic (exact) mass is 317 g/mol. The molecule has 1 N–H and O–H groups in total. The summed E-state index contributed by atoms with van der Waals surface area (Å²) in [5.41, 5.74) is 1.11. The van der Waals surface area contributed by atoms with Crippen LogP contribution in [0.4, 0.5) is 5.69 Å². The molecule has 1 aliphatic rings. The lowest BCUT2D eigenvalue weighted by molar-refractivity contribution is -0.144. The topological polar surface area (TPSA) is 72.5 Å². The largest absolute Gasteiger partial charge is 0.457 e. The molecule has 1 aromatic carbocycles. The summed E-state index contributed by atoms with van der Waals surface area (Å²) in [4.78, 5) is 35.3. The molecule has 0 saturated heterocycles. The van der Waals surface area contributed by atoms with Gasteiger partial charge in [0, 0.05) is 17.7 Å². The summed E-state index contributed by atoms with van der Waals surface area (Å²) < 4.78 is 5.03. The number of benzene rings is 1. The minimum absolute atomic E-state index is 0.0404. The van der Waals surface area contributed by atoms with Gasteiger partial charge in [0.1, 0.15) is 0 Å². The van der Waals surface area contributed by atoms with E-state index in [2.05, 4.69) is 5.32 Å². The Balaban J connectivity index is 1.82. The number of carbonyl (C=O) groups is 3. The van der Waals surface area contributed by atoms with Crippen LogP contribution in [0.25, 0.3) is 0 Å². The fourth-order valence-corrected chi connectivity index (χ4v) is 2.30. The van der Waals surface area contributed by atoms with Crippen LogP contribution < -0.4 is 5.32 Å². The Labute approximate surface area is 136 Å². The van der Waals surface area contributed by atoms with Crippen molar-refractivity contribution in [3.8, 4) is 0 Å². The minimum Gasteiger partial charge on any atom is -0.457 e. The standard InChI is InChI=1S/C18H23NO4/c1-11(2)8-17(21)19-14-6-4-13(5-7-14)16(20)10-23-18(22)15-9-12(15)3/h4-7,11-12,15H,8-10H2,1-3H3,(H,19,21)/t12-,15+/m1/s1. The van der Waals surface area contributed by atoms with Crippen molar-refractivity contribution in [2.45, 2.75) is 33.6 Å². The number of carbonyl (C=O) groups excluding carboxylic acids is 3. The van der Waals surface area contributed by atoms with Crippen molar-refractivity contribution in [3.05, 3.63) is 29.8 Å². The Morgan fingerprint density at radius 1 is 1.22 bits per heavy atom. The Kier molecular flexibility index (Phi) is 5.53. The van der Waals surface area contributed by atoms with Crippen molar-refractivity contribution >= 4 is 23.3 Å². The second kappa shape index (κ2) is 7.40. The molecule has 5 nitrogen and oxygen atoms in total. The van der Waals surface area contributed by atoms with Crippen molar-refractivity contribution in [1.82, 2.24) is 0 Å². The lowest BCUT2D eigenvalue weighted by Gasteiger charge is -2.08. The summed E-state index contributed by atoms with van der Waals surface area (Å²) in [6, 6.07) is 6.61. The zero-order chi connectivity index (χ0) is 17.0. The maximum atomic E-state index is 12.0. The normalized spacial score (nSPS) is 19.3. The first-order valence-corrected chi connectivity index (χ1v) is 7.96. The fraction of sp³-hybridized carbons (Fsp3) is 0.500. The predicted octanol–water partition coefficient (Wildman–Crippen LogP) is 3.05. The molecule has 2 rings (SSSR count). The molecule has 0 unspecified atom stereocenters. The van der Waals surface area contributed by atoms with Crippen molar-refractivity contribution in [1.29, 1.82) is 0 Å². The summed E-state index contributed by atoms with van der Waals surface area (Å²) in [6.45, 7) is 5.71. The van der Waals surface area contributed by atoms with Gasteiger partial charge in [0.05, 0.1) is 5.92 Å². The third-order valence-corrected chi connectivity index (χ3v) is 3.84. The van der Waals surface area contributed by atoms with E-state index in [1.54, 1.807) is 24.3 Å². The first-order chi connectivity index (χ1) is 10.9. The zero-order valence-electron chi connectivity index (χ0n) is 13.8. The molecular formula is C18H23NO4. The van der Waals surface area contributed by atoms with Crippen LogP contribution in [0.2, 0.25) is 0 Å². The number of anilines is 1. The molecule has 0 aliphatic heterocycles. The lowest BCUT2D eigenvalue weighted by atomic mass is 10.1. The van der Waals surface area contributed by atoms with Gasteiger partial charge in [0.15, 0.2) is 12.4 Å². The van der Waals surface area contributed by atoms with E-state index in [1.807, 2.05) is 20.8 Å². The number of rotatable bonds is 7. The van der Waals surface area contributed by atoms with Gasteiger partial charge in [0.25, 0.3) is 0 Å². The van der Waals surface area contributed by atoms with Gasteiger partial charge < -0.3 is 10.1 Å². The Hall–Kier alpha value is -2.17. The summed E-state index contributed by atoms with van der Waals surface area (Å²) in [5, 5.41) is 2.78. The molecule has 1 saturated carbocycles. The van der Waals surface area contributed by atoms with Crippen molar-refractivity contribution in [3.63, 3.8) is 0 Å². The van der Waals surface area contributed by atoms with Gasteiger partial charge in [-0.2, -0.15) is 0 Å². The van der Waals surface area contributed by atoms with Crippen LogP contribution in [0, 0.1) is 17.8 Å². The van der Waals surface area contributed by atoms with Gasteiger partial charge in [-0.25, -0.2) is 0 Å². The number of ether oxygens (including phenoxy) is 1. The Morgan fingerprint density at radius 3 is 2.35 bits per heavy atom. The molecule has 1 amide bonds. The van der Waals surface area contributed by atoms with Crippen LogP contribution in [0.15, 0.2) is 24.3 Å². The lowest BCUT2D eigenvalue weighted by Crippen LogP contribution is -2.16. The number of ketones is 1. The summed E-state index contributed by atoms with van der Waals surface area (Å²) in [6.07, 6.45) is 1.30. The first kappa shape index (κ1) is 17.2. The Morgan fingerprint density at radius 2 is 1.83 bits per heavy atom. The number of hydrogen-bond acceptors (Lipinski definition) is 4. The van der Waals surface area contributed by atoms with Crippen molar-refractivity contribution < 1.29 is 19.1 Å². The molecule has 5 heteroatoms. The second-order valence-electron chi connectivity index (χ2n) is 6.57. The van der Waals surface area contributed by atoms with Crippen molar-refractivity contribution in [2.75, 3.05) is 11.9 Å². The van der Waals surface area contributed by atoms with E-state index in [0.717, 1.165) is 6.42 Å². The SMILES string of the molecule is CC(C)CC(=O)Nc1ccc(C(=O)COC(=O)[C@H]2C[C@H]2C)cc1. The summed E-state index contributed by atoms with van der Waals surface area (Å²) in [7, 11) is 0. The van der Waals surface area contributed by atoms with Crippen LogP contribution in [0.3, 0.4) is 0 Å². The van der Waals surface area contributed by atoms with E-state index >= 15 is 0 Å². The molecule has 1 aromatic rings. The van der Waals surface area contributed by atoms with Gasteiger partial charge in [0.2, 0.25) is 5.91 Å². The highest BCUT2D eigenvalue weighted by Crippen LogP contribution is 2.38. The third-order valence-electron chi connectivity index (χ3n) is 3.84. The molecule has 0 heterocycles. The molecular weight excluding hydrogens is 294 g/mol. The van der Waals surface area contributed by atoms with E-state index in [1.165, 1.54) is 0 Å². The first-order valence-electron chi connectivity index (χ1n) is 7.96. The van der Waals surface area contributed by atoms with E-state index in [-0.39, 0.29) is 30.2 Å². The van der Waals surface area contributed by atoms with E-state index in [0.29, 0.717) is 29.5 Å². The molecule has 2 atom stereocenters. The average molecular weight is 317 g/mol. The molecule has 0 bridgehead atoms. The number of Topliss-reactive ketones (excluding diaryl/α,β-unsaturated/α-hetero) is 1. The van der Waals surface area contributed by atoms with E-state index in [9.17, 15) is 14.4 Å². The maximum Gasteiger partial charge on any atom is 0.309 e. The van der Waals surface area contributed by atoms with Gasteiger partial charge in [-0.05, 0) is 42.5 Å². The molecule has 1 aliphatic carbocycles. The summed E-state index contributed by atoms with van der Waals surface area (Å²) in [5.74, 6) is 0.0362. The average Bonchev–Trinajstić information content (AvgIpc) is 3.21. The van der Waals surface area contributed by atoms with Gasteiger partial charge in [-0.15, -0.1) is 0 Å². The number of nitrogens with one attached hydrogen (secondary N) is 1. The second-order valence-corrected chi connectivity index (χ2v) is 6.57. The fourth-order valence-electron chi connectivity index (χ4n) is 2.30. The predicted molar refractivity (Wildman–Crippen MR) is 87.1 cm³/mol. The van der Waals surface area contributed by atoms with Crippen LogP contribution >= 0.6 is 0 Å². The highest BCUT2D eigenvalue weighted by Gasteiger charge is 2.40. The molecule has 124 valence electrons. The minimum atomic E-state index is -0.289. The molecule has 0 aromatic heterocycles. The van der Waals surface area contributed by atoms with Crippen LogP contribution in [0.5, 0.6) is 0 Å². The molecule has 1 fully saturated rings. The quantitative estimate of drug-likeness (QED) is 0.619. The smallest absolute Gasteiger partial charge is 0.309 e. The van der Waals surface area contributed by atoms with E-state index < -0.39 is 0 Å². The van der Waals surface area contributed by atoms with Crippen LogP contribution in [-0.4, -0.2) is 24.3 Å². The van der Waals surface area contributed by atoms with Crippen LogP contribution in [-0.2, 0) is 14.3 Å². The number of hydrogen-bond donors (Lipinski definition) is 1. The van der Waals surface area contributed by atoms with Gasteiger partial charge >= 0.3 is 5.97 Å². The highest BCUT2D eigenvalue weighted by molar-refractivity contribution is 5.99. The van der Waals surface area contributed by atoms with Gasteiger partial charge in [-0.1, -0.05) is 20.8 Å². The molecule has 0 spiro atoms. The van der Waals surface area contributed by atoms with E-state index in [4.69, 9.17) is 4.74 Å². The number of esters is 1. The molecule has 0 radical (unpaired) electrons. The zero-order valence-corrected chi connectivity index (χ0v) is 13.8. The third kappa shape index (κ3) is 5.20. The highest BCUT2D eigenvalue weighted by atomic mass is 16.5. The molecule has 23 heavy (non-hydrogen) atoms. The Bertz CT molecular complexity index is 592. The maximum absolute atomic E-state index is 12.0. The van der Waals surface area contributed by atoms with Crippen LogP contribution in [0.1, 0.15) is 44.0 Å².